The largest absolute Gasteiger partial charge is 0.490 e. The van der Waals surface area contributed by atoms with Crippen LogP contribution >= 0.6 is 11.6 Å². The Morgan fingerprint density at radius 2 is 1.91 bits per heavy atom. The van der Waals surface area contributed by atoms with E-state index in [1.54, 1.807) is 0 Å². The van der Waals surface area contributed by atoms with Crippen LogP contribution in [0.4, 0.5) is 0 Å². The number of aryl methyl sites for hydroxylation is 1. The van der Waals surface area contributed by atoms with Gasteiger partial charge in [0.25, 0.3) is 0 Å². The van der Waals surface area contributed by atoms with Crippen LogP contribution in [-0.2, 0) is 6.42 Å². The Morgan fingerprint density at radius 1 is 1.17 bits per heavy atom. The fourth-order valence-electron chi connectivity index (χ4n) is 2.19. The topological polar surface area (TPSA) is 55.8 Å². The zero-order chi connectivity index (χ0) is 16.7. The number of rotatable bonds is 8. The van der Waals surface area contributed by atoms with E-state index < -0.39 is 5.97 Å². The third kappa shape index (κ3) is 4.89. The Hall–Kier alpha value is -2.20. The van der Waals surface area contributed by atoms with Gasteiger partial charge in [0.05, 0.1) is 23.8 Å². The predicted molar refractivity (Wildman–Crippen MR) is 89.8 cm³/mol. The molecule has 2 aromatic rings. The lowest BCUT2D eigenvalue weighted by Crippen LogP contribution is -2.05. The van der Waals surface area contributed by atoms with E-state index in [0.717, 1.165) is 12.8 Å². The van der Waals surface area contributed by atoms with E-state index in [4.69, 9.17) is 26.2 Å². The summed E-state index contributed by atoms with van der Waals surface area (Å²) in [5.74, 6) is -0.299. The molecule has 0 fully saturated rings. The van der Waals surface area contributed by atoms with Crippen molar-refractivity contribution in [3.63, 3.8) is 0 Å². The molecule has 0 amide bonds. The zero-order valence-corrected chi connectivity index (χ0v) is 13.7. The number of carboxylic acids is 1. The van der Waals surface area contributed by atoms with Gasteiger partial charge in [-0.1, -0.05) is 41.9 Å². The van der Waals surface area contributed by atoms with Gasteiger partial charge >= 0.3 is 5.97 Å². The van der Waals surface area contributed by atoms with Crippen LogP contribution in [0.25, 0.3) is 0 Å². The molecule has 2 rings (SSSR count). The quantitative estimate of drug-likeness (QED) is 0.725. The number of carboxylic acid groups (broad SMARTS) is 1. The second-order valence-electron chi connectivity index (χ2n) is 4.96. The van der Waals surface area contributed by atoms with E-state index in [1.807, 2.05) is 25.1 Å². The Labute approximate surface area is 140 Å². The fraction of sp³-hybridized carbons (Fsp3) is 0.278. The number of ether oxygens (including phenoxy) is 2. The van der Waals surface area contributed by atoms with Crippen LogP contribution in [0.2, 0.25) is 5.02 Å². The van der Waals surface area contributed by atoms with Crippen LogP contribution in [0.15, 0.2) is 42.5 Å². The molecule has 0 saturated heterocycles. The third-order valence-corrected chi connectivity index (χ3v) is 3.54. The van der Waals surface area contributed by atoms with Gasteiger partial charge in [0.1, 0.15) is 0 Å². The summed E-state index contributed by atoms with van der Waals surface area (Å²) < 4.78 is 11.2. The number of hydrogen-bond acceptors (Lipinski definition) is 3. The molecule has 0 saturated carbocycles. The summed E-state index contributed by atoms with van der Waals surface area (Å²) in [4.78, 5) is 11.1. The third-order valence-electron chi connectivity index (χ3n) is 3.26. The van der Waals surface area contributed by atoms with E-state index in [-0.39, 0.29) is 10.6 Å². The van der Waals surface area contributed by atoms with Crippen LogP contribution in [0, 0.1) is 0 Å². The Balaban J connectivity index is 2.02. The van der Waals surface area contributed by atoms with Crippen molar-refractivity contribution >= 4 is 17.6 Å². The lowest BCUT2D eigenvalue weighted by Gasteiger charge is -2.14. The standard InChI is InChI=1S/C18H19ClO4/c1-2-22-16-12-14(18(20)21)11-15(19)17(16)23-10-6-9-13-7-4-3-5-8-13/h3-5,7-8,11-12H,2,6,9-10H2,1H3,(H,20,21). The average molecular weight is 335 g/mol. The van der Waals surface area contributed by atoms with Crippen molar-refractivity contribution in [2.24, 2.45) is 0 Å². The smallest absolute Gasteiger partial charge is 0.335 e. The van der Waals surface area contributed by atoms with Gasteiger partial charge in [-0.2, -0.15) is 0 Å². The van der Waals surface area contributed by atoms with E-state index in [2.05, 4.69) is 12.1 Å². The Kier molecular flexibility index (Phi) is 6.29. The summed E-state index contributed by atoms with van der Waals surface area (Å²) in [6, 6.07) is 12.9. The van der Waals surface area contributed by atoms with E-state index in [0.29, 0.717) is 24.7 Å². The predicted octanol–water partition coefficient (Wildman–Crippen LogP) is 4.45. The summed E-state index contributed by atoms with van der Waals surface area (Å²) in [7, 11) is 0. The van der Waals surface area contributed by atoms with E-state index >= 15 is 0 Å². The minimum atomic E-state index is -1.05. The number of carbonyl (C=O) groups is 1. The molecule has 0 heterocycles. The van der Waals surface area contributed by atoms with Crippen LogP contribution in [0.3, 0.4) is 0 Å². The fourth-order valence-corrected chi connectivity index (χ4v) is 2.45. The van der Waals surface area contributed by atoms with Crippen molar-refractivity contribution in [1.82, 2.24) is 0 Å². The molecule has 0 radical (unpaired) electrons. The second kappa shape index (κ2) is 8.44. The normalized spacial score (nSPS) is 10.3. The minimum Gasteiger partial charge on any atom is -0.490 e. The molecular formula is C18H19ClO4. The highest BCUT2D eigenvalue weighted by atomic mass is 35.5. The van der Waals surface area contributed by atoms with E-state index in [9.17, 15) is 4.79 Å². The molecule has 122 valence electrons. The summed E-state index contributed by atoms with van der Waals surface area (Å²) in [6.07, 6.45) is 1.72. The molecule has 0 unspecified atom stereocenters. The van der Waals surface area contributed by atoms with Crippen molar-refractivity contribution in [2.45, 2.75) is 19.8 Å². The minimum absolute atomic E-state index is 0.0788. The number of halogens is 1. The summed E-state index contributed by atoms with van der Waals surface area (Å²) in [5.41, 5.74) is 1.32. The van der Waals surface area contributed by atoms with Gasteiger partial charge in [0.2, 0.25) is 0 Å². The van der Waals surface area contributed by atoms with Gasteiger partial charge in [-0.05, 0) is 37.5 Å². The first kappa shape index (κ1) is 17.2. The van der Waals surface area contributed by atoms with Gasteiger partial charge in [-0.15, -0.1) is 0 Å². The average Bonchev–Trinajstić information content (AvgIpc) is 2.54. The van der Waals surface area contributed by atoms with Gasteiger partial charge in [0, 0.05) is 0 Å². The molecular weight excluding hydrogens is 316 g/mol. The number of aromatic carboxylic acids is 1. The molecule has 0 aliphatic carbocycles. The lowest BCUT2D eigenvalue weighted by atomic mass is 10.1. The lowest BCUT2D eigenvalue weighted by molar-refractivity contribution is 0.0696. The summed E-state index contributed by atoms with van der Waals surface area (Å²) in [6.45, 7) is 2.70. The Morgan fingerprint density at radius 3 is 2.57 bits per heavy atom. The molecule has 0 aliphatic rings. The first-order valence-electron chi connectivity index (χ1n) is 7.48. The zero-order valence-electron chi connectivity index (χ0n) is 12.9. The molecule has 0 atom stereocenters. The van der Waals surface area contributed by atoms with Gasteiger partial charge in [0.15, 0.2) is 11.5 Å². The van der Waals surface area contributed by atoms with Gasteiger partial charge in [-0.3, -0.25) is 0 Å². The van der Waals surface area contributed by atoms with Crippen molar-refractivity contribution in [2.75, 3.05) is 13.2 Å². The van der Waals surface area contributed by atoms with Crippen molar-refractivity contribution in [3.8, 4) is 11.5 Å². The van der Waals surface area contributed by atoms with Crippen molar-refractivity contribution in [3.05, 3.63) is 58.6 Å². The molecule has 4 nitrogen and oxygen atoms in total. The second-order valence-corrected chi connectivity index (χ2v) is 5.37. The molecule has 0 aromatic heterocycles. The number of benzene rings is 2. The van der Waals surface area contributed by atoms with Crippen molar-refractivity contribution in [1.29, 1.82) is 0 Å². The van der Waals surface area contributed by atoms with Crippen LogP contribution < -0.4 is 9.47 Å². The monoisotopic (exact) mass is 334 g/mol. The maximum absolute atomic E-state index is 11.1. The SMILES string of the molecule is CCOc1cc(C(=O)O)cc(Cl)c1OCCCc1ccccc1. The van der Waals surface area contributed by atoms with Gasteiger partial charge in [-0.25, -0.2) is 4.79 Å². The maximum Gasteiger partial charge on any atom is 0.335 e. The van der Waals surface area contributed by atoms with E-state index in [1.165, 1.54) is 17.7 Å². The van der Waals surface area contributed by atoms with Crippen LogP contribution in [0.5, 0.6) is 11.5 Å². The summed E-state index contributed by atoms with van der Waals surface area (Å²) >= 11 is 6.14. The van der Waals surface area contributed by atoms with Crippen LogP contribution in [0.1, 0.15) is 29.3 Å². The highest BCUT2D eigenvalue weighted by Crippen LogP contribution is 2.36. The molecule has 5 heteroatoms. The molecule has 23 heavy (non-hydrogen) atoms. The first-order valence-corrected chi connectivity index (χ1v) is 7.86. The summed E-state index contributed by atoms with van der Waals surface area (Å²) in [5, 5.41) is 9.32. The Bertz CT molecular complexity index is 656. The molecule has 0 bridgehead atoms. The molecule has 1 N–H and O–H groups in total. The van der Waals surface area contributed by atoms with Crippen molar-refractivity contribution < 1.29 is 19.4 Å². The highest BCUT2D eigenvalue weighted by molar-refractivity contribution is 6.32. The maximum atomic E-state index is 11.1. The molecule has 0 spiro atoms. The van der Waals surface area contributed by atoms with Gasteiger partial charge < -0.3 is 14.6 Å². The van der Waals surface area contributed by atoms with Crippen LogP contribution in [-0.4, -0.2) is 24.3 Å². The number of hydrogen-bond donors (Lipinski definition) is 1. The molecule has 0 aliphatic heterocycles. The first-order chi connectivity index (χ1) is 11.1. The molecule has 2 aromatic carbocycles. The highest BCUT2D eigenvalue weighted by Gasteiger charge is 2.15.